The Labute approximate surface area is 138 Å². The molecule has 0 radical (unpaired) electrons. The van der Waals surface area contributed by atoms with E-state index in [4.69, 9.17) is 16.6 Å². The van der Waals surface area contributed by atoms with Crippen LogP contribution in [0.1, 0.15) is 51.2 Å². The van der Waals surface area contributed by atoms with E-state index >= 15 is 0 Å². The lowest BCUT2D eigenvalue weighted by Crippen LogP contribution is -2.57. The van der Waals surface area contributed by atoms with Crippen molar-refractivity contribution in [1.29, 1.82) is 0 Å². The molecule has 1 aromatic heterocycles. The zero-order valence-corrected chi connectivity index (χ0v) is 14.1. The molecule has 1 heterocycles. The molecule has 1 atom stereocenters. The maximum Gasteiger partial charge on any atom is 0.166 e. The third-order valence-electron chi connectivity index (χ3n) is 6.36. The summed E-state index contributed by atoms with van der Waals surface area (Å²) < 4.78 is 5.34. The van der Waals surface area contributed by atoms with Gasteiger partial charge in [0.1, 0.15) is 5.76 Å². The molecule has 0 aliphatic heterocycles. The van der Waals surface area contributed by atoms with E-state index in [9.17, 15) is 0 Å². The van der Waals surface area contributed by atoms with Crippen molar-refractivity contribution < 1.29 is 4.42 Å². The molecular formula is C18H26N2OS. The number of thiocarbonyl (C=S) groups is 1. The molecule has 22 heavy (non-hydrogen) atoms. The van der Waals surface area contributed by atoms with E-state index in [1.807, 2.05) is 12.1 Å². The van der Waals surface area contributed by atoms with E-state index in [2.05, 4.69) is 17.6 Å². The third-order valence-corrected chi connectivity index (χ3v) is 6.62. The van der Waals surface area contributed by atoms with Crippen molar-refractivity contribution in [3.05, 3.63) is 24.2 Å². The van der Waals surface area contributed by atoms with Crippen LogP contribution in [0.2, 0.25) is 0 Å². The molecule has 3 nitrogen and oxygen atoms in total. The van der Waals surface area contributed by atoms with Gasteiger partial charge >= 0.3 is 0 Å². The molecule has 4 fully saturated rings. The maximum absolute atomic E-state index is 5.49. The molecule has 120 valence electrons. The summed E-state index contributed by atoms with van der Waals surface area (Å²) in [6, 6.07) is 4.35. The summed E-state index contributed by atoms with van der Waals surface area (Å²) in [6.45, 7) is 3.00. The Hall–Kier alpha value is -1.03. The fraction of sp³-hybridized carbons (Fsp3) is 0.722. The summed E-state index contributed by atoms with van der Waals surface area (Å²) in [6.07, 6.45) is 10.4. The van der Waals surface area contributed by atoms with Gasteiger partial charge in [0.15, 0.2) is 5.11 Å². The molecule has 4 aliphatic carbocycles. The number of furan rings is 1. The monoisotopic (exact) mass is 318 g/mol. The highest BCUT2D eigenvalue weighted by atomic mass is 32.1. The van der Waals surface area contributed by atoms with Gasteiger partial charge in [-0.15, -0.1) is 0 Å². The van der Waals surface area contributed by atoms with Crippen molar-refractivity contribution in [3.8, 4) is 0 Å². The number of hydrogen-bond acceptors (Lipinski definition) is 2. The zero-order valence-electron chi connectivity index (χ0n) is 13.3. The number of hydrogen-bond donors (Lipinski definition) is 2. The summed E-state index contributed by atoms with van der Waals surface area (Å²) in [5.74, 6) is 3.88. The Morgan fingerprint density at radius 3 is 2.45 bits per heavy atom. The predicted octanol–water partition coefficient (Wildman–Crippen LogP) is 3.85. The van der Waals surface area contributed by atoms with Gasteiger partial charge in [0.05, 0.1) is 12.8 Å². The second-order valence-electron chi connectivity index (χ2n) is 7.91. The van der Waals surface area contributed by atoms with Gasteiger partial charge in [-0.2, -0.15) is 0 Å². The Morgan fingerprint density at radius 2 is 1.91 bits per heavy atom. The van der Waals surface area contributed by atoms with Crippen molar-refractivity contribution >= 4 is 17.3 Å². The Morgan fingerprint density at radius 1 is 1.27 bits per heavy atom. The first kappa shape index (κ1) is 14.6. The summed E-state index contributed by atoms with van der Waals surface area (Å²) in [4.78, 5) is 0. The molecule has 1 unspecified atom stereocenters. The van der Waals surface area contributed by atoms with Crippen molar-refractivity contribution in [2.45, 2.75) is 58.0 Å². The highest BCUT2D eigenvalue weighted by molar-refractivity contribution is 7.80. The van der Waals surface area contributed by atoms with E-state index < -0.39 is 0 Å². The topological polar surface area (TPSA) is 37.2 Å². The lowest BCUT2D eigenvalue weighted by atomic mass is 9.48. The smallest absolute Gasteiger partial charge is 0.166 e. The average Bonchev–Trinajstić information content (AvgIpc) is 2.97. The van der Waals surface area contributed by atoms with Crippen LogP contribution in [0.3, 0.4) is 0 Å². The van der Waals surface area contributed by atoms with Crippen molar-refractivity contribution in [3.63, 3.8) is 0 Å². The Kier molecular flexibility index (Phi) is 3.67. The number of nitrogens with one attached hydrogen (secondary N) is 2. The van der Waals surface area contributed by atoms with Gasteiger partial charge < -0.3 is 15.1 Å². The van der Waals surface area contributed by atoms with Crippen LogP contribution in [0.25, 0.3) is 0 Å². The van der Waals surface area contributed by atoms with Gasteiger partial charge in [0.25, 0.3) is 0 Å². The van der Waals surface area contributed by atoms with E-state index in [-0.39, 0.29) is 0 Å². The maximum atomic E-state index is 5.49. The minimum atomic E-state index is 0.470. The molecule has 4 aliphatic rings. The van der Waals surface area contributed by atoms with Gasteiger partial charge in [-0.05, 0) is 93.0 Å². The van der Waals surface area contributed by atoms with E-state index in [0.29, 0.717) is 18.0 Å². The SMILES string of the molecule is CC(NC(=S)NCc1ccco1)C12CC3CC(CC(C3)C1)C2. The highest BCUT2D eigenvalue weighted by Gasteiger charge is 2.53. The molecule has 0 amide bonds. The molecule has 4 saturated carbocycles. The third kappa shape index (κ3) is 2.66. The summed E-state index contributed by atoms with van der Waals surface area (Å²) >= 11 is 5.49. The van der Waals surface area contributed by atoms with Crippen LogP contribution in [-0.2, 0) is 6.54 Å². The summed E-state index contributed by atoms with van der Waals surface area (Å²) in [5, 5.41) is 7.62. The molecule has 1 aromatic rings. The van der Waals surface area contributed by atoms with Gasteiger partial charge in [-0.25, -0.2) is 0 Å². The molecule has 4 bridgehead atoms. The van der Waals surface area contributed by atoms with E-state index in [0.717, 1.165) is 28.6 Å². The minimum absolute atomic E-state index is 0.470. The molecule has 4 heteroatoms. The van der Waals surface area contributed by atoms with Crippen LogP contribution in [0, 0.1) is 23.2 Å². The lowest BCUT2D eigenvalue weighted by Gasteiger charge is -2.59. The molecule has 0 spiro atoms. The molecule has 5 rings (SSSR count). The average molecular weight is 318 g/mol. The van der Waals surface area contributed by atoms with Gasteiger partial charge in [-0.3, -0.25) is 0 Å². The van der Waals surface area contributed by atoms with Gasteiger partial charge in [-0.1, -0.05) is 0 Å². The zero-order chi connectivity index (χ0) is 15.2. The van der Waals surface area contributed by atoms with Crippen LogP contribution in [0.4, 0.5) is 0 Å². The predicted molar refractivity (Wildman–Crippen MR) is 91.3 cm³/mol. The normalized spacial score (nSPS) is 37.0. The highest BCUT2D eigenvalue weighted by Crippen LogP contribution is 2.61. The van der Waals surface area contributed by atoms with Crippen LogP contribution in [-0.4, -0.2) is 11.2 Å². The summed E-state index contributed by atoms with van der Waals surface area (Å²) in [7, 11) is 0. The minimum Gasteiger partial charge on any atom is -0.467 e. The van der Waals surface area contributed by atoms with Crippen LogP contribution >= 0.6 is 12.2 Å². The van der Waals surface area contributed by atoms with Crippen LogP contribution in [0.5, 0.6) is 0 Å². The van der Waals surface area contributed by atoms with E-state index in [1.165, 1.54) is 38.5 Å². The number of rotatable bonds is 4. The van der Waals surface area contributed by atoms with Crippen LogP contribution in [0.15, 0.2) is 22.8 Å². The first-order valence-corrected chi connectivity index (χ1v) is 9.10. The van der Waals surface area contributed by atoms with Gasteiger partial charge in [0.2, 0.25) is 0 Å². The fourth-order valence-electron chi connectivity index (χ4n) is 5.69. The first-order valence-electron chi connectivity index (χ1n) is 8.70. The fourth-order valence-corrected chi connectivity index (χ4v) is 5.94. The van der Waals surface area contributed by atoms with Crippen molar-refractivity contribution in [2.24, 2.45) is 23.2 Å². The molecule has 2 N–H and O–H groups in total. The standard InChI is InChI=1S/C18H26N2OS/c1-12(20-17(22)19-11-16-3-2-4-21-16)18-8-13-5-14(9-18)7-15(6-13)10-18/h2-4,12-15H,5-11H2,1H3,(H2,19,20,22). The second kappa shape index (κ2) is 5.55. The molecule has 0 aromatic carbocycles. The van der Waals surface area contributed by atoms with Crippen LogP contribution < -0.4 is 10.6 Å². The second-order valence-corrected chi connectivity index (χ2v) is 8.32. The Balaban J connectivity index is 1.35. The molecular weight excluding hydrogens is 292 g/mol. The van der Waals surface area contributed by atoms with E-state index in [1.54, 1.807) is 6.26 Å². The molecule has 0 saturated heterocycles. The quantitative estimate of drug-likeness (QED) is 0.827. The largest absolute Gasteiger partial charge is 0.467 e. The first-order chi connectivity index (χ1) is 10.6. The van der Waals surface area contributed by atoms with Crippen molar-refractivity contribution in [2.75, 3.05) is 0 Å². The van der Waals surface area contributed by atoms with Crippen molar-refractivity contribution in [1.82, 2.24) is 10.6 Å². The van der Waals surface area contributed by atoms with Gasteiger partial charge in [0, 0.05) is 6.04 Å². The Bertz CT molecular complexity index is 504. The summed E-state index contributed by atoms with van der Waals surface area (Å²) in [5.41, 5.74) is 0.491. The lowest BCUT2D eigenvalue weighted by molar-refractivity contribution is -0.0672.